The van der Waals surface area contributed by atoms with Crippen LogP contribution in [0.5, 0.6) is 5.75 Å². The van der Waals surface area contributed by atoms with Crippen LogP contribution in [0.3, 0.4) is 0 Å². The lowest BCUT2D eigenvalue weighted by Crippen LogP contribution is -2.49. The van der Waals surface area contributed by atoms with Crippen molar-refractivity contribution in [1.29, 1.82) is 0 Å². The van der Waals surface area contributed by atoms with Crippen molar-refractivity contribution in [2.45, 2.75) is 6.54 Å². The molecule has 5 nitrogen and oxygen atoms in total. The molecule has 0 radical (unpaired) electrons. The average Bonchev–Trinajstić information content (AvgIpc) is 2.63. The van der Waals surface area contributed by atoms with Gasteiger partial charge in [0.25, 0.3) is 0 Å². The lowest BCUT2D eigenvalue weighted by Gasteiger charge is -2.34. The van der Waals surface area contributed by atoms with Gasteiger partial charge >= 0.3 is 6.03 Å². The van der Waals surface area contributed by atoms with Crippen molar-refractivity contribution in [3.8, 4) is 5.75 Å². The van der Waals surface area contributed by atoms with Crippen molar-refractivity contribution in [3.05, 3.63) is 59.7 Å². The molecule has 7 heteroatoms. The summed E-state index contributed by atoms with van der Waals surface area (Å²) in [7, 11) is 1.19. The van der Waals surface area contributed by atoms with Gasteiger partial charge in [-0.25, -0.2) is 13.6 Å². The number of nitrogens with one attached hydrogen (secondary N) is 1. The summed E-state index contributed by atoms with van der Waals surface area (Å²) in [6, 6.07) is 11.9. The number of anilines is 1. The molecule has 0 bridgehead atoms. The van der Waals surface area contributed by atoms with Crippen LogP contribution in [0, 0.1) is 11.6 Å². The van der Waals surface area contributed by atoms with E-state index in [0.717, 1.165) is 31.8 Å². The van der Waals surface area contributed by atoms with Gasteiger partial charge in [-0.1, -0.05) is 30.3 Å². The van der Waals surface area contributed by atoms with Gasteiger partial charge in [-0.3, -0.25) is 4.90 Å². The van der Waals surface area contributed by atoms with E-state index in [-0.39, 0.29) is 11.7 Å². The molecule has 1 N–H and O–H groups in total. The molecular weight excluding hydrogens is 340 g/mol. The summed E-state index contributed by atoms with van der Waals surface area (Å²) in [5, 5.41) is 2.54. The summed E-state index contributed by atoms with van der Waals surface area (Å²) in [6.07, 6.45) is 0. The number of benzene rings is 2. The predicted molar refractivity (Wildman–Crippen MR) is 95.2 cm³/mol. The van der Waals surface area contributed by atoms with Crippen LogP contribution < -0.4 is 10.1 Å². The molecule has 1 saturated heterocycles. The van der Waals surface area contributed by atoms with E-state index in [9.17, 15) is 13.6 Å². The van der Waals surface area contributed by atoms with Crippen LogP contribution in [-0.4, -0.2) is 49.1 Å². The SMILES string of the molecule is COc1c(F)cc(NC(=O)N2CCN(Cc3ccccc3)CC2)cc1F. The van der Waals surface area contributed by atoms with Crippen molar-refractivity contribution < 1.29 is 18.3 Å². The fourth-order valence-electron chi connectivity index (χ4n) is 2.98. The first kappa shape index (κ1) is 18.1. The summed E-state index contributed by atoms with van der Waals surface area (Å²) in [5.74, 6) is -2.16. The number of halogens is 2. The molecule has 1 aliphatic rings. The molecule has 0 spiro atoms. The molecule has 1 heterocycles. The summed E-state index contributed by atoms with van der Waals surface area (Å²) >= 11 is 0. The van der Waals surface area contributed by atoms with Crippen LogP contribution in [0.1, 0.15) is 5.56 Å². The smallest absolute Gasteiger partial charge is 0.321 e. The maximum absolute atomic E-state index is 13.7. The summed E-state index contributed by atoms with van der Waals surface area (Å²) in [4.78, 5) is 16.2. The molecule has 1 fully saturated rings. The maximum atomic E-state index is 13.7. The third-order valence-electron chi connectivity index (χ3n) is 4.36. The van der Waals surface area contributed by atoms with Crippen molar-refractivity contribution in [2.24, 2.45) is 0 Å². The van der Waals surface area contributed by atoms with Crippen LogP contribution in [0.15, 0.2) is 42.5 Å². The highest BCUT2D eigenvalue weighted by Crippen LogP contribution is 2.25. The van der Waals surface area contributed by atoms with Gasteiger partial charge < -0.3 is 15.0 Å². The Labute approximate surface area is 151 Å². The van der Waals surface area contributed by atoms with E-state index >= 15 is 0 Å². The molecule has 0 atom stereocenters. The van der Waals surface area contributed by atoms with E-state index in [4.69, 9.17) is 0 Å². The van der Waals surface area contributed by atoms with Gasteiger partial charge in [-0.15, -0.1) is 0 Å². The van der Waals surface area contributed by atoms with Crippen LogP contribution >= 0.6 is 0 Å². The topological polar surface area (TPSA) is 44.8 Å². The summed E-state index contributed by atoms with van der Waals surface area (Å²) in [5.41, 5.74) is 1.30. The Bertz CT molecular complexity index is 740. The van der Waals surface area contributed by atoms with Gasteiger partial charge in [0.05, 0.1) is 7.11 Å². The molecule has 0 aromatic heterocycles. The minimum Gasteiger partial charge on any atom is -0.491 e. The number of methoxy groups -OCH3 is 1. The highest BCUT2D eigenvalue weighted by molar-refractivity contribution is 5.89. The number of hydrogen-bond donors (Lipinski definition) is 1. The van der Waals surface area contributed by atoms with E-state index in [0.29, 0.717) is 13.1 Å². The Kier molecular flexibility index (Phi) is 5.68. The van der Waals surface area contributed by atoms with Gasteiger partial charge in [0.1, 0.15) is 0 Å². The minimum absolute atomic E-state index is 0.0671. The molecule has 26 heavy (non-hydrogen) atoms. The molecule has 1 aliphatic heterocycles. The normalized spacial score (nSPS) is 15.0. The van der Waals surface area contributed by atoms with E-state index in [1.807, 2.05) is 18.2 Å². The number of ether oxygens (including phenoxy) is 1. The number of rotatable bonds is 4. The van der Waals surface area contributed by atoms with Gasteiger partial charge in [-0.2, -0.15) is 0 Å². The quantitative estimate of drug-likeness (QED) is 0.909. The van der Waals surface area contributed by atoms with Crippen LogP contribution in [0.25, 0.3) is 0 Å². The second-order valence-electron chi connectivity index (χ2n) is 6.15. The lowest BCUT2D eigenvalue weighted by molar-refractivity contribution is 0.143. The number of amides is 2. The highest BCUT2D eigenvalue weighted by Gasteiger charge is 2.22. The zero-order valence-electron chi connectivity index (χ0n) is 14.5. The van der Waals surface area contributed by atoms with E-state index < -0.39 is 17.4 Å². The van der Waals surface area contributed by atoms with E-state index in [2.05, 4.69) is 27.1 Å². The molecule has 2 amide bonds. The number of nitrogens with zero attached hydrogens (tertiary/aromatic N) is 2. The Morgan fingerprint density at radius 1 is 1.08 bits per heavy atom. The number of urea groups is 1. The van der Waals surface area contributed by atoms with Crippen LogP contribution in [0.2, 0.25) is 0 Å². The molecule has 0 aliphatic carbocycles. The van der Waals surface area contributed by atoms with Crippen molar-refractivity contribution in [1.82, 2.24) is 9.80 Å². The zero-order chi connectivity index (χ0) is 18.5. The number of piperazine rings is 1. The number of hydrogen-bond acceptors (Lipinski definition) is 3. The Balaban J connectivity index is 1.54. The third-order valence-corrected chi connectivity index (χ3v) is 4.36. The first-order valence-electron chi connectivity index (χ1n) is 8.42. The molecule has 2 aromatic carbocycles. The average molecular weight is 361 g/mol. The minimum atomic E-state index is -0.851. The zero-order valence-corrected chi connectivity index (χ0v) is 14.5. The van der Waals surface area contributed by atoms with Gasteiger partial charge in [0.2, 0.25) is 0 Å². The first-order valence-corrected chi connectivity index (χ1v) is 8.42. The van der Waals surface area contributed by atoms with E-state index in [1.54, 1.807) is 4.90 Å². The second kappa shape index (κ2) is 8.14. The van der Waals surface area contributed by atoms with Gasteiger partial charge in [0.15, 0.2) is 17.4 Å². The molecule has 138 valence electrons. The van der Waals surface area contributed by atoms with E-state index in [1.165, 1.54) is 12.7 Å². The largest absolute Gasteiger partial charge is 0.491 e. The lowest BCUT2D eigenvalue weighted by atomic mass is 10.2. The standard InChI is InChI=1S/C19H21F2N3O2/c1-26-18-16(20)11-15(12-17(18)21)22-19(25)24-9-7-23(8-10-24)13-14-5-3-2-4-6-14/h2-6,11-12H,7-10,13H2,1H3,(H,22,25). The fraction of sp³-hybridized carbons (Fsp3) is 0.316. The number of carbonyl (C=O) groups is 1. The molecule has 3 rings (SSSR count). The summed E-state index contributed by atoms with van der Waals surface area (Å²) in [6.45, 7) is 3.44. The Hall–Kier alpha value is -2.67. The number of carbonyl (C=O) groups excluding carboxylic acids is 1. The molecule has 2 aromatic rings. The maximum Gasteiger partial charge on any atom is 0.321 e. The van der Waals surface area contributed by atoms with Crippen LogP contribution in [0.4, 0.5) is 19.3 Å². The third kappa shape index (κ3) is 4.29. The van der Waals surface area contributed by atoms with Crippen molar-refractivity contribution >= 4 is 11.7 Å². The second-order valence-corrected chi connectivity index (χ2v) is 6.15. The predicted octanol–water partition coefficient (Wildman–Crippen LogP) is 3.32. The molecular formula is C19H21F2N3O2. The molecule has 0 saturated carbocycles. The fourth-order valence-corrected chi connectivity index (χ4v) is 2.98. The van der Waals surface area contributed by atoms with Crippen molar-refractivity contribution in [3.63, 3.8) is 0 Å². The highest BCUT2D eigenvalue weighted by atomic mass is 19.1. The molecule has 0 unspecified atom stereocenters. The van der Waals surface area contributed by atoms with Gasteiger partial charge in [-0.05, 0) is 5.56 Å². The Morgan fingerprint density at radius 3 is 2.27 bits per heavy atom. The van der Waals surface area contributed by atoms with Gasteiger partial charge in [0, 0.05) is 50.5 Å². The Morgan fingerprint density at radius 2 is 1.69 bits per heavy atom. The van der Waals surface area contributed by atoms with Crippen LogP contribution in [-0.2, 0) is 6.54 Å². The monoisotopic (exact) mass is 361 g/mol. The van der Waals surface area contributed by atoms with Crippen molar-refractivity contribution in [2.75, 3.05) is 38.6 Å². The summed E-state index contributed by atoms with van der Waals surface area (Å²) < 4.78 is 32.1. The first-order chi connectivity index (χ1) is 12.6.